The number of halogens is 3. The molecule has 8 atom stereocenters. The fraction of sp³-hybridized carbons (Fsp3) is 0.639. The molecule has 0 spiro atoms. The zero-order valence-corrected chi connectivity index (χ0v) is 29.3. The maximum atomic E-state index is 14.8. The van der Waals surface area contributed by atoms with E-state index in [1.165, 1.54) is 4.90 Å². The molecule has 3 fully saturated rings. The van der Waals surface area contributed by atoms with Crippen LogP contribution in [0, 0.1) is 23.2 Å². The molecule has 9 nitrogen and oxygen atoms in total. The van der Waals surface area contributed by atoms with Crippen molar-refractivity contribution in [3.63, 3.8) is 0 Å². The van der Waals surface area contributed by atoms with E-state index >= 15 is 0 Å². The Labute approximate surface area is 281 Å². The van der Waals surface area contributed by atoms with E-state index in [-0.39, 0.29) is 18.4 Å². The molecule has 264 valence electrons. The highest BCUT2D eigenvalue weighted by Gasteiger charge is 2.66. The first-order chi connectivity index (χ1) is 22.3. The van der Waals surface area contributed by atoms with Crippen molar-refractivity contribution in [2.45, 2.75) is 103 Å². The zero-order chi connectivity index (χ0) is 35.5. The molecule has 48 heavy (non-hydrogen) atoms. The number of carboxylic acids is 1. The van der Waals surface area contributed by atoms with Crippen LogP contribution < -0.4 is 15.0 Å². The number of ether oxygens (including phenoxy) is 2. The van der Waals surface area contributed by atoms with Crippen LogP contribution in [-0.2, 0) is 26.3 Å². The molecule has 1 aromatic heterocycles. The van der Waals surface area contributed by atoms with Crippen LogP contribution in [0.3, 0.4) is 0 Å². The van der Waals surface area contributed by atoms with Gasteiger partial charge in [-0.2, -0.15) is 13.2 Å². The maximum Gasteiger partial charge on any atom is 0.395 e. The van der Waals surface area contributed by atoms with Gasteiger partial charge in [0.1, 0.15) is 17.6 Å². The fourth-order valence-electron chi connectivity index (χ4n) is 8.26. The molecule has 4 heterocycles. The van der Waals surface area contributed by atoms with Gasteiger partial charge in [0.2, 0.25) is 5.91 Å². The standard InChI is InChI=1S/C36H49F3N4O5/c1-34(2,3)20-12-13-22(47-9)19(17-20)18-41-28-27(35(4,5)6)30(33(45)46)43(29(28)21-11-10-16-40-31(21)42(7)8)32(44)25-23-14-15-24(48-23)26(25)36(37,38)39/h10-13,16-17,23-30,41H,14-15,18H2,1-9H3,(H,45,46)/t23-,24+,25+,26+,27+,28+,29+,30+/m1/s1. The Hall–Kier alpha value is -3.38. The second kappa shape index (κ2) is 12.8. The Bertz CT molecular complexity index is 1520. The molecule has 2 N–H and O–H groups in total. The summed E-state index contributed by atoms with van der Waals surface area (Å²) in [4.78, 5) is 35.8. The van der Waals surface area contributed by atoms with Gasteiger partial charge >= 0.3 is 12.1 Å². The molecule has 3 aliphatic rings. The Morgan fingerprint density at radius 1 is 1.06 bits per heavy atom. The number of amides is 1. The minimum atomic E-state index is -4.69. The number of aliphatic carboxylic acids is 1. The van der Waals surface area contributed by atoms with Gasteiger partial charge in [0, 0.05) is 49.9 Å². The van der Waals surface area contributed by atoms with Crippen molar-refractivity contribution in [3.05, 3.63) is 53.2 Å². The Kier molecular flexibility index (Phi) is 9.59. The van der Waals surface area contributed by atoms with E-state index in [2.05, 4.69) is 37.1 Å². The fourth-order valence-corrected chi connectivity index (χ4v) is 8.26. The lowest BCUT2D eigenvalue weighted by Gasteiger charge is -2.37. The minimum absolute atomic E-state index is 0.156. The lowest BCUT2D eigenvalue weighted by atomic mass is 9.72. The number of carbonyl (C=O) groups is 2. The van der Waals surface area contributed by atoms with Crippen LogP contribution in [0.5, 0.6) is 5.75 Å². The van der Waals surface area contributed by atoms with E-state index in [1.807, 2.05) is 32.9 Å². The van der Waals surface area contributed by atoms with Gasteiger partial charge < -0.3 is 29.7 Å². The van der Waals surface area contributed by atoms with Crippen molar-refractivity contribution >= 4 is 17.7 Å². The van der Waals surface area contributed by atoms with Crippen LogP contribution in [0.25, 0.3) is 0 Å². The summed E-state index contributed by atoms with van der Waals surface area (Å²) < 4.78 is 55.2. The second-order valence-corrected chi connectivity index (χ2v) is 15.7. The van der Waals surface area contributed by atoms with Crippen molar-refractivity contribution in [1.29, 1.82) is 0 Å². The average molecular weight is 675 g/mol. The number of benzene rings is 1. The average Bonchev–Trinajstić information content (AvgIpc) is 3.70. The maximum absolute atomic E-state index is 14.8. The normalized spacial score (nSPS) is 29.0. The molecular weight excluding hydrogens is 625 g/mol. The summed E-state index contributed by atoms with van der Waals surface area (Å²) in [6, 6.07) is 6.37. The van der Waals surface area contributed by atoms with Crippen LogP contribution in [-0.4, -0.2) is 78.5 Å². The lowest BCUT2D eigenvalue weighted by Crippen LogP contribution is -2.53. The number of hydrogen-bond donors (Lipinski definition) is 2. The van der Waals surface area contributed by atoms with Gasteiger partial charge in [-0.3, -0.25) is 4.79 Å². The summed E-state index contributed by atoms with van der Waals surface area (Å²) in [5, 5.41) is 14.5. The van der Waals surface area contributed by atoms with E-state index in [9.17, 15) is 27.9 Å². The molecule has 5 rings (SSSR count). The number of likely N-dealkylation sites (tertiary alicyclic amines) is 1. The molecule has 2 bridgehead atoms. The van der Waals surface area contributed by atoms with E-state index in [0.29, 0.717) is 23.6 Å². The third kappa shape index (κ3) is 6.49. The number of rotatable bonds is 8. The molecule has 12 heteroatoms. The molecule has 1 aromatic carbocycles. The third-order valence-electron chi connectivity index (χ3n) is 10.3. The zero-order valence-electron chi connectivity index (χ0n) is 29.3. The Morgan fingerprint density at radius 3 is 2.29 bits per heavy atom. The summed E-state index contributed by atoms with van der Waals surface area (Å²) in [5.74, 6) is -5.24. The monoisotopic (exact) mass is 674 g/mol. The van der Waals surface area contributed by atoms with E-state index < -0.39 is 71.6 Å². The largest absolute Gasteiger partial charge is 0.496 e. The number of fused-ring (bicyclic) bond motifs is 2. The number of methoxy groups -OCH3 is 1. The predicted molar refractivity (Wildman–Crippen MR) is 176 cm³/mol. The Balaban J connectivity index is 1.69. The molecular formula is C36H49F3N4O5. The van der Waals surface area contributed by atoms with Crippen molar-refractivity contribution in [1.82, 2.24) is 15.2 Å². The number of carbonyl (C=O) groups excluding carboxylic acids is 1. The molecule has 3 aliphatic heterocycles. The highest BCUT2D eigenvalue weighted by molar-refractivity contribution is 5.88. The number of aromatic nitrogens is 1. The summed E-state index contributed by atoms with van der Waals surface area (Å²) in [5.41, 5.74) is 1.61. The topological polar surface area (TPSA) is 104 Å². The molecule has 0 saturated carbocycles. The molecule has 2 aromatic rings. The smallest absolute Gasteiger partial charge is 0.395 e. The lowest BCUT2D eigenvalue weighted by molar-refractivity contribution is -0.200. The van der Waals surface area contributed by atoms with Crippen LogP contribution in [0.1, 0.15) is 77.1 Å². The molecule has 1 amide bonds. The molecule has 0 aliphatic carbocycles. The minimum Gasteiger partial charge on any atom is -0.496 e. The number of carboxylic acid groups (broad SMARTS) is 1. The summed E-state index contributed by atoms with van der Waals surface area (Å²) in [6.07, 6.45) is -4.62. The van der Waals surface area contributed by atoms with Gasteiger partial charge in [-0.25, -0.2) is 9.78 Å². The van der Waals surface area contributed by atoms with Gasteiger partial charge in [0.15, 0.2) is 0 Å². The SMILES string of the molecule is COc1ccc(C(C)(C)C)cc1CN[C@H]1[C@H](C(C)(C)C)[C@@H](C(=O)O)N(C(=O)[C@@H]2[C@@H](C(F)(F)F)[C@@H]3CC[C@H]2O3)[C@H]1c1cccnc1N(C)C. The quantitative estimate of drug-likeness (QED) is 0.353. The predicted octanol–water partition coefficient (Wildman–Crippen LogP) is 5.97. The van der Waals surface area contributed by atoms with Gasteiger partial charge in [-0.1, -0.05) is 59.7 Å². The van der Waals surface area contributed by atoms with Crippen molar-refractivity contribution in [2.24, 2.45) is 23.2 Å². The molecule has 0 radical (unpaired) electrons. The van der Waals surface area contributed by atoms with Crippen molar-refractivity contribution < 1.29 is 37.3 Å². The summed E-state index contributed by atoms with van der Waals surface area (Å²) in [6.45, 7) is 12.3. The number of nitrogens with one attached hydrogen (secondary N) is 1. The Morgan fingerprint density at radius 2 is 1.73 bits per heavy atom. The van der Waals surface area contributed by atoms with Crippen molar-refractivity contribution in [2.75, 3.05) is 26.1 Å². The van der Waals surface area contributed by atoms with Crippen LogP contribution in [0.15, 0.2) is 36.5 Å². The highest BCUT2D eigenvalue weighted by atomic mass is 19.4. The number of hydrogen-bond acceptors (Lipinski definition) is 7. The second-order valence-electron chi connectivity index (χ2n) is 15.7. The molecule has 3 saturated heterocycles. The number of alkyl halides is 3. The van der Waals surface area contributed by atoms with Gasteiger partial charge in [0.25, 0.3) is 0 Å². The van der Waals surface area contributed by atoms with Gasteiger partial charge in [-0.15, -0.1) is 0 Å². The van der Waals surface area contributed by atoms with Gasteiger partial charge in [-0.05, 0) is 41.4 Å². The number of nitrogens with zero attached hydrogens (tertiary/aromatic N) is 3. The first-order valence-corrected chi connectivity index (χ1v) is 16.6. The third-order valence-corrected chi connectivity index (χ3v) is 10.3. The van der Waals surface area contributed by atoms with Crippen molar-refractivity contribution in [3.8, 4) is 5.75 Å². The first kappa shape index (κ1) is 35.9. The van der Waals surface area contributed by atoms with Crippen LogP contribution in [0.2, 0.25) is 0 Å². The summed E-state index contributed by atoms with van der Waals surface area (Å²) in [7, 11) is 5.16. The first-order valence-electron chi connectivity index (χ1n) is 16.6. The van der Waals surface area contributed by atoms with E-state index in [1.54, 1.807) is 44.4 Å². The number of anilines is 1. The van der Waals surface area contributed by atoms with E-state index in [0.717, 1.165) is 11.1 Å². The van der Waals surface area contributed by atoms with E-state index in [4.69, 9.17) is 9.47 Å². The highest BCUT2D eigenvalue weighted by Crippen LogP contribution is 2.55. The molecule has 0 unspecified atom stereocenters. The van der Waals surface area contributed by atoms with Crippen LogP contribution >= 0.6 is 0 Å². The van der Waals surface area contributed by atoms with Crippen LogP contribution in [0.4, 0.5) is 19.0 Å². The van der Waals surface area contributed by atoms with Gasteiger partial charge in [0.05, 0.1) is 37.2 Å². The number of pyridine rings is 1. The summed E-state index contributed by atoms with van der Waals surface area (Å²) >= 11 is 0.